The third-order valence-electron chi connectivity index (χ3n) is 2.44. The Labute approximate surface area is 103 Å². The smallest absolute Gasteiger partial charge is 0.172 e. The second kappa shape index (κ2) is 4.63. The van der Waals surface area contributed by atoms with E-state index in [0.29, 0.717) is 11.1 Å². The van der Waals surface area contributed by atoms with E-state index in [-0.39, 0.29) is 16.5 Å². The van der Waals surface area contributed by atoms with E-state index in [1.54, 1.807) is 18.2 Å². The number of halogens is 2. The van der Waals surface area contributed by atoms with Gasteiger partial charge in [-0.2, -0.15) is 0 Å². The van der Waals surface area contributed by atoms with Gasteiger partial charge in [-0.05, 0) is 23.8 Å². The zero-order valence-electron chi connectivity index (χ0n) is 9.08. The molecule has 0 bridgehead atoms. The second-order valence-electron chi connectivity index (χ2n) is 3.49. The molecule has 2 rings (SSSR count). The molecule has 0 aliphatic heterocycles. The highest BCUT2D eigenvalue weighted by atomic mass is 35.5. The number of benzene rings is 2. The molecule has 0 saturated carbocycles. The summed E-state index contributed by atoms with van der Waals surface area (Å²) in [6.45, 7) is 0. The second-order valence-corrected chi connectivity index (χ2v) is 3.90. The van der Waals surface area contributed by atoms with Gasteiger partial charge in [-0.25, -0.2) is 4.39 Å². The van der Waals surface area contributed by atoms with Crippen LogP contribution < -0.4 is 4.74 Å². The lowest BCUT2D eigenvalue weighted by Crippen LogP contribution is -1.91. The van der Waals surface area contributed by atoms with Gasteiger partial charge in [-0.15, -0.1) is 0 Å². The average molecular weight is 253 g/mol. The van der Waals surface area contributed by atoms with Crippen LogP contribution in [0.1, 0.15) is 0 Å². The molecule has 17 heavy (non-hydrogen) atoms. The predicted octanol–water partition coefficient (Wildman–Crippen LogP) is 3.86. The topological polar surface area (TPSA) is 29.5 Å². The van der Waals surface area contributed by atoms with E-state index in [1.165, 1.54) is 25.3 Å². The molecule has 2 aromatic rings. The van der Waals surface area contributed by atoms with Gasteiger partial charge >= 0.3 is 0 Å². The van der Waals surface area contributed by atoms with Crippen LogP contribution in [0.15, 0.2) is 36.4 Å². The fourth-order valence-electron chi connectivity index (χ4n) is 1.57. The Morgan fingerprint density at radius 3 is 2.65 bits per heavy atom. The minimum absolute atomic E-state index is 0.0774. The van der Waals surface area contributed by atoms with Crippen LogP contribution in [-0.4, -0.2) is 12.2 Å². The van der Waals surface area contributed by atoms with Gasteiger partial charge in [0.1, 0.15) is 5.75 Å². The lowest BCUT2D eigenvalue weighted by molar-refractivity contribution is 0.387. The van der Waals surface area contributed by atoms with E-state index in [0.717, 1.165) is 0 Å². The number of aromatic hydroxyl groups is 1. The number of phenols is 1. The van der Waals surface area contributed by atoms with Gasteiger partial charge in [-0.1, -0.05) is 29.8 Å². The van der Waals surface area contributed by atoms with E-state index >= 15 is 0 Å². The van der Waals surface area contributed by atoms with Crippen molar-refractivity contribution >= 4 is 11.6 Å². The van der Waals surface area contributed by atoms with E-state index < -0.39 is 5.82 Å². The predicted molar refractivity (Wildman–Crippen MR) is 65.1 cm³/mol. The molecule has 0 heterocycles. The first-order chi connectivity index (χ1) is 8.13. The molecule has 0 amide bonds. The number of hydrogen-bond donors (Lipinski definition) is 1. The number of rotatable bonds is 2. The molecule has 2 aromatic carbocycles. The van der Waals surface area contributed by atoms with Gasteiger partial charge in [0, 0.05) is 5.56 Å². The summed E-state index contributed by atoms with van der Waals surface area (Å²) in [4.78, 5) is 0. The Morgan fingerprint density at radius 2 is 2.00 bits per heavy atom. The Hall–Kier alpha value is -1.74. The molecule has 88 valence electrons. The minimum Gasteiger partial charge on any atom is -0.506 e. The molecule has 1 N–H and O–H groups in total. The van der Waals surface area contributed by atoms with Crippen LogP contribution in [0.5, 0.6) is 11.5 Å². The lowest BCUT2D eigenvalue weighted by Gasteiger charge is -2.08. The maximum atomic E-state index is 14.0. The van der Waals surface area contributed by atoms with E-state index in [9.17, 15) is 9.50 Å². The Balaban J connectivity index is 2.56. The average Bonchev–Trinajstić information content (AvgIpc) is 2.33. The molecule has 0 saturated heterocycles. The van der Waals surface area contributed by atoms with Gasteiger partial charge in [0.15, 0.2) is 11.6 Å². The summed E-state index contributed by atoms with van der Waals surface area (Å²) in [5.74, 6) is -0.375. The molecule has 0 spiro atoms. The van der Waals surface area contributed by atoms with Gasteiger partial charge in [0.05, 0.1) is 12.1 Å². The van der Waals surface area contributed by atoms with Crippen LogP contribution in [0.25, 0.3) is 11.1 Å². The molecule has 0 aliphatic carbocycles. The molecule has 0 aliphatic rings. The normalized spacial score (nSPS) is 10.3. The molecule has 2 nitrogen and oxygen atoms in total. The van der Waals surface area contributed by atoms with Crippen molar-refractivity contribution in [2.24, 2.45) is 0 Å². The van der Waals surface area contributed by atoms with E-state index in [4.69, 9.17) is 16.3 Å². The van der Waals surface area contributed by atoms with Crippen LogP contribution in [0, 0.1) is 5.82 Å². The molecule has 0 atom stereocenters. The van der Waals surface area contributed by atoms with Crippen LogP contribution in [0.2, 0.25) is 5.02 Å². The van der Waals surface area contributed by atoms with Crippen LogP contribution in [-0.2, 0) is 0 Å². The summed E-state index contributed by atoms with van der Waals surface area (Å²) in [7, 11) is 1.40. The molecule has 0 fully saturated rings. The molecule has 0 radical (unpaired) electrons. The van der Waals surface area contributed by atoms with Crippen molar-refractivity contribution in [3.05, 3.63) is 47.2 Å². The SMILES string of the molecule is COc1cccc(-c2ccc(Cl)c(O)c2)c1F. The number of phenolic OH excluding ortho intramolecular Hbond substituents is 1. The molecule has 0 aromatic heterocycles. The minimum atomic E-state index is -0.461. The highest BCUT2D eigenvalue weighted by molar-refractivity contribution is 6.32. The lowest BCUT2D eigenvalue weighted by atomic mass is 10.0. The monoisotopic (exact) mass is 252 g/mol. The summed E-state index contributed by atoms with van der Waals surface area (Å²) < 4.78 is 18.8. The summed E-state index contributed by atoms with van der Waals surface area (Å²) >= 11 is 5.70. The van der Waals surface area contributed by atoms with Crippen molar-refractivity contribution in [3.8, 4) is 22.6 Å². The van der Waals surface area contributed by atoms with Gasteiger partial charge in [-0.3, -0.25) is 0 Å². The van der Waals surface area contributed by atoms with Gasteiger partial charge in [0.2, 0.25) is 0 Å². The first-order valence-electron chi connectivity index (χ1n) is 4.95. The molecular weight excluding hydrogens is 243 g/mol. The first kappa shape index (κ1) is 11.7. The van der Waals surface area contributed by atoms with Crippen molar-refractivity contribution in [1.29, 1.82) is 0 Å². The number of hydrogen-bond acceptors (Lipinski definition) is 2. The third-order valence-corrected chi connectivity index (χ3v) is 2.76. The summed E-state index contributed by atoms with van der Waals surface area (Å²) in [5, 5.41) is 9.73. The summed E-state index contributed by atoms with van der Waals surface area (Å²) in [5.41, 5.74) is 0.902. The largest absolute Gasteiger partial charge is 0.506 e. The Kier molecular flexibility index (Phi) is 3.20. The molecular formula is C13H10ClFO2. The van der Waals surface area contributed by atoms with Crippen molar-refractivity contribution in [2.75, 3.05) is 7.11 Å². The van der Waals surface area contributed by atoms with Crippen molar-refractivity contribution < 1.29 is 14.2 Å². The number of methoxy groups -OCH3 is 1. The van der Waals surface area contributed by atoms with Gasteiger partial charge < -0.3 is 9.84 Å². The highest BCUT2D eigenvalue weighted by Gasteiger charge is 2.11. The highest BCUT2D eigenvalue weighted by Crippen LogP contribution is 2.33. The summed E-state index contributed by atoms with van der Waals surface area (Å²) in [6.07, 6.45) is 0. The first-order valence-corrected chi connectivity index (χ1v) is 5.32. The third kappa shape index (κ3) is 2.19. The fourth-order valence-corrected chi connectivity index (χ4v) is 1.69. The fraction of sp³-hybridized carbons (Fsp3) is 0.0769. The maximum Gasteiger partial charge on any atom is 0.172 e. The number of ether oxygens (including phenoxy) is 1. The van der Waals surface area contributed by atoms with Crippen LogP contribution >= 0.6 is 11.6 Å². The zero-order valence-corrected chi connectivity index (χ0v) is 9.83. The van der Waals surface area contributed by atoms with Gasteiger partial charge in [0.25, 0.3) is 0 Å². The molecule has 4 heteroatoms. The van der Waals surface area contributed by atoms with Crippen LogP contribution in [0.4, 0.5) is 4.39 Å². The van der Waals surface area contributed by atoms with Crippen molar-refractivity contribution in [3.63, 3.8) is 0 Å². The van der Waals surface area contributed by atoms with Crippen molar-refractivity contribution in [2.45, 2.75) is 0 Å². The zero-order chi connectivity index (χ0) is 12.4. The Bertz CT molecular complexity index is 555. The van der Waals surface area contributed by atoms with E-state index in [2.05, 4.69) is 0 Å². The van der Waals surface area contributed by atoms with E-state index in [1.807, 2.05) is 0 Å². The standard InChI is InChI=1S/C13H10ClFO2/c1-17-12-4-2-3-9(13(12)15)8-5-6-10(14)11(16)7-8/h2-7,16H,1H3. The quantitative estimate of drug-likeness (QED) is 0.879. The maximum absolute atomic E-state index is 14.0. The van der Waals surface area contributed by atoms with Crippen molar-refractivity contribution in [1.82, 2.24) is 0 Å². The van der Waals surface area contributed by atoms with Crippen LogP contribution in [0.3, 0.4) is 0 Å². The summed E-state index contributed by atoms with van der Waals surface area (Å²) in [6, 6.07) is 9.41. The molecule has 0 unspecified atom stereocenters. The Morgan fingerprint density at radius 1 is 1.24 bits per heavy atom.